The average Bonchev–Trinajstić information content (AvgIpc) is 3.00. The standard InChI is InChI=1S/C21H21N3O3/c1-13-14(2)27-20(22-13)16-4-3-5-18(10-16)23-21(26)24-9-8-15-6-7-19(25)11-17(15)12-24/h3-7,10-11,25H,8-9,12H2,1-2H3,(H,23,26). The largest absolute Gasteiger partial charge is 0.508 e. The fraction of sp³-hybridized carbons (Fsp3) is 0.238. The number of aromatic hydroxyl groups is 1. The van der Waals surface area contributed by atoms with E-state index in [0.29, 0.717) is 24.7 Å². The average molecular weight is 363 g/mol. The first kappa shape index (κ1) is 17.1. The fourth-order valence-electron chi connectivity index (χ4n) is 3.25. The highest BCUT2D eigenvalue weighted by molar-refractivity contribution is 5.90. The maximum Gasteiger partial charge on any atom is 0.322 e. The molecule has 1 aliphatic heterocycles. The van der Waals surface area contributed by atoms with E-state index in [1.54, 1.807) is 17.0 Å². The lowest BCUT2D eigenvalue weighted by Gasteiger charge is -2.29. The van der Waals surface area contributed by atoms with Gasteiger partial charge in [0.05, 0.1) is 5.69 Å². The summed E-state index contributed by atoms with van der Waals surface area (Å²) in [5.74, 6) is 1.55. The number of anilines is 1. The number of carbonyl (C=O) groups excluding carboxylic acids is 1. The van der Waals surface area contributed by atoms with Crippen molar-refractivity contribution in [2.75, 3.05) is 11.9 Å². The number of amides is 2. The van der Waals surface area contributed by atoms with Crippen LogP contribution in [0.3, 0.4) is 0 Å². The van der Waals surface area contributed by atoms with Crippen molar-refractivity contribution in [3.05, 3.63) is 65.0 Å². The highest BCUT2D eigenvalue weighted by atomic mass is 16.4. The van der Waals surface area contributed by atoms with Gasteiger partial charge in [0.25, 0.3) is 0 Å². The molecular weight excluding hydrogens is 342 g/mol. The molecule has 2 heterocycles. The quantitative estimate of drug-likeness (QED) is 0.713. The topological polar surface area (TPSA) is 78.6 Å². The zero-order valence-corrected chi connectivity index (χ0v) is 15.3. The van der Waals surface area contributed by atoms with Crippen molar-refractivity contribution in [1.82, 2.24) is 9.88 Å². The van der Waals surface area contributed by atoms with Gasteiger partial charge in [0.2, 0.25) is 5.89 Å². The highest BCUT2D eigenvalue weighted by Gasteiger charge is 2.21. The van der Waals surface area contributed by atoms with Gasteiger partial charge in [-0.1, -0.05) is 12.1 Å². The van der Waals surface area contributed by atoms with Crippen molar-refractivity contribution < 1.29 is 14.3 Å². The van der Waals surface area contributed by atoms with Gasteiger partial charge in [0, 0.05) is 24.3 Å². The normalized spacial score (nSPS) is 13.3. The smallest absolute Gasteiger partial charge is 0.322 e. The van der Waals surface area contributed by atoms with E-state index >= 15 is 0 Å². The van der Waals surface area contributed by atoms with E-state index in [1.807, 2.05) is 44.2 Å². The Morgan fingerprint density at radius 2 is 2.04 bits per heavy atom. The fourth-order valence-corrected chi connectivity index (χ4v) is 3.25. The van der Waals surface area contributed by atoms with E-state index in [4.69, 9.17) is 4.42 Å². The number of hydrogen-bond donors (Lipinski definition) is 2. The summed E-state index contributed by atoms with van der Waals surface area (Å²) in [5, 5.41) is 12.6. The number of fused-ring (bicyclic) bond motifs is 1. The number of phenolic OH excluding ortho intramolecular Hbond substituents is 1. The van der Waals surface area contributed by atoms with Gasteiger partial charge < -0.3 is 19.7 Å². The Hall–Kier alpha value is -3.28. The summed E-state index contributed by atoms with van der Waals surface area (Å²) < 4.78 is 5.67. The van der Waals surface area contributed by atoms with Crippen LogP contribution in [0.1, 0.15) is 22.6 Å². The van der Waals surface area contributed by atoms with Crippen molar-refractivity contribution in [2.45, 2.75) is 26.8 Å². The number of aromatic nitrogens is 1. The SMILES string of the molecule is Cc1nc(-c2cccc(NC(=O)N3CCc4ccc(O)cc4C3)c2)oc1C. The number of carbonyl (C=O) groups is 1. The maximum atomic E-state index is 12.7. The van der Waals surface area contributed by atoms with Gasteiger partial charge in [-0.3, -0.25) is 0 Å². The molecule has 1 aliphatic rings. The summed E-state index contributed by atoms with van der Waals surface area (Å²) in [4.78, 5) is 18.8. The molecule has 2 amide bonds. The molecule has 138 valence electrons. The molecule has 6 nitrogen and oxygen atoms in total. The number of aryl methyl sites for hydroxylation is 2. The number of oxazole rings is 1. The van der Waals surface area contributed by atoms with Crippen LogP contribution in [0.2, 0.25) is 0 Å². The summed E-state index contributed by atoms with van der Waals surface area (Å²) >= 11 is 0. The van der Waals surface area contributed by atoms with Crippen molar-refractivity contribution in [2.24, 2.45) is 0 Å². The van der Waals surface area contributed by atoms with E-state index in [9.17, 15) is 9.90 Å². The van der Waals surface area contributed by atoms with Crippen LogP contribution < -0.4 is 5.32 Å². The molecule has 0 radical (unpaired) electrons. The lowest BCUT2D eigenvalue weighted by molar-refractivity contribution is 0.206. The molecule has 2 aromatic carbocycles. The third-order valence-electron chi connectivity index (χ3n) is 4.88. The molecule has 4 rings (SSSR count). The summed E-state index contributed by atoms with van der Waals surface area (Å²) in [5.41, 5.74) is 4.52. The van der Waals surface area contributed by atoms with Gasteiger partial charge in [-0.2, -0.15) is 0 Å². The summed E-state index contributed by atoms with van der Waals surface area (Å²) in [6.45, 7) is 4.90. The van der Waals surface area contributed by atoms with E-state index in [2.05, 4.69) is 10.3 Å². The first-order chi connectivity index (χ1) is 13.0. The highest BCUT2D eigenvalue weighted by Crippen LogP contribution is 2.26. The van der Waals surface area contributed by atoms with Crippen LogP contribution in [0.5, 0.6) is 5.75 Å². The van der Waals surface area contributed by atoms with Gasteiger partial charge in [0.1, 0.15) is 11.5 Å². The van der Waals surface area contributed by atoms with E-state index in [1.165, 1.54) is 5.56 Å². The van der Waals surface area contributed by atoms with Crippen LogP contribution in [0.15, 0.2) is 46.9 Å². The van der Waals surface area contributed by atoms with E-state index in [0.717, 1.165) is 29.0 Å². The third-order valence-corrected chi connectivity index (χ3v) is 4.88. The minimum Gasteiger partial charge on any atom is -0.508 e. The lowest BCUT2D eigenvalue weighted by Crippen LogP contribution is -2.38. The Balaban J connectivity index is 1.49. The van der Waals surface area contributed by atoms with Gasteiger partial charge in [-0.05, 0) is 61.7 Å². The monoisotopic (exact) mass is 363 g/mol. The van der Waals surface area contributed by atoms with Crippen molar-refractivity contribution >= 4 is 11.7 Å². The first-order valence-electron chi connectivity index (χ1n) is 8.91. The second kappa shape index (κ2) is 6.79. The predicted molar refractivity (Wildman–Crippen MR) is 103 cm³/mol. The summed E-state index contributed by atoms with van der Waals surface area (Å²) in [6, 6.07) is 12.6. The van der Waals surface area contributed by atoms with Crippen LogP contribution >= 0.6 is 0 Å². The van der Waals surface area contributed by atoms with Crippen molar-refractivity contribution in [3.63, 3.8) is 0 Å². The van der Waals surface area contributed by atoms with Crippen LogP contribution in [0.25, 0.3) is 11.5 Å². The van der Waals surface area contributed by atoms with Crippen LogP contribution in [-0.2, 0) is 13.0 Å². The Kier molecular flexibility index (Phi) is 4.32. The maximum absolute atomic E-state index is 12.7. The molecule has 0 spiro atoms. The number of phenols is 1. The molecule has 0 fully saturated rings. The van der Waals surface area contributed by atoms with Gasteiger partial charge >= 0.3 is 6.03 Å². The van der Waals surface area contributed by atoms with Crippen LogP contribution in [-0.4, -0.2) is 27.6 Å². The predicted octanol–water partition coefficient (Wildman–Crippen LogP) is 4.25. The molecule has 0 unspecified atom stereocenters. The molecule has 2 N–H and O–H groups in total. The Labute approximate surface area is 157 Å². The lowest BCUT2D eigenvalue weighted by atomic mass is 10.00. The number of rotatable bonds is 2. The summed E-state index contributed by atoms with van der Waals surface area (Å²) in [6.07, 6.45) is 0.776. The van der Waals surface area contributed by atoms with Gasteiger partial charge in [-0.15, -0.1) is 0 Å². The number of nitrogens with zero attached hydrogens (tertiary/aromatic N) is 2. The second-order valence-electron chi connectivity index (χ2n) is 6.80. The molecule has 0 atom stereocenters. The molecule has 27 heavy (non-hydrogen) atoms. The first-order valence-corrected chi connectivity index (χ1v) is 8.91. The minimum absolute atomic E-state index is 0.166. The zero-order valence-electron chi connectivity index (χ0n) is 15.3. The molecule has 6 heteroatoms. The minimum atomic E-state index is -0.166. The third kappa shape index (κ3) is 3.51. The number of urea groups is 1. The van der Waals surface area contributed by atoms with Crippen LogP contribution in [0, 0.1) is 13.8 Å². The molecule has 0 saturated carbocycles. The molecule has 0 bridgehead atoms. The van der Waals surface area contributed by atoms with Crippen molar-refractivity contribution in [1.29, 1.82) is 0 Å². The molecule has 0 saturated heterocycles. The molecular formula is C21H21N3O3. The molecule has 0 aliphatic carbocycles. The summed E-state index contributed by atoms with van der Waals surface area (Å²) in [7, 11) is 0. The van der Waals surface area contributed by atoms with Crippen molar-refractivity contribution in [3.8, 4) is 17.2 Å². The number of benzene rings is 2. The van der Waals surface area contributed by atoms with E-state index < -0.39 is 0 Å². The zero-order chi connectivity index (χ0) is 19.0. The Bertz CT molecular complexity index is 990. The number of hydrogen-bond acceptors (Lipinski definition) is 4. The molecule has 3 aromatic rings. The van der Waals surface area contributed by atoms with Crippen LogP contribution in [0.4, 0.5) is 10.5 Å². The Morgan fingerprint density at radius 3 is 2.81 bits per heavy atom. The van der Waals surface area contributed by atoms with Gasteiger partial charge in [-0.25, -0.2) is 9.78 Å². The molecule has 1 aromatic heterocycles. The Morgan fingerprint density at radius 1 is 1.19 bits per heavy atom. The van der Waals surface area contributed by atoms with Gasteiger partial charge in [0.15, 0.2) is 0 Å². The number of nitrogens with one attached hydrogen (secondary N) is 1. The van der Waals surface area contributed by atoms with E-state index in [-0.39, 0.29) is 11.8 Å². The second-order valence-corrected chi connectivity index (χ2v) is 6.80.